The zero-order valence-corrected chi connectivity index (χ0v) is 11.4. The van der Waals surface area contributed by atoms with Crippen molar-refractivity contribution in [2.24, 2.45) is 0 Å². The van der Waals surface area contributed by atoms with Gasteiger partial charge in [-0.05, 0) is 12.1 Å². The Balaban J connectivity index is 3.18. The van der Waals surface area contributed by atoms with E-state index in [0.29, 0.717) is 0 Å². The quantitative estimate of drug-likeness (QED) is 0.710. The van der Waals surface area contributed by atoms with Gasteiger partial charge < -0.3 is 4.42 Å². The molecule has 1 radical (unpaired) electrons. The first-order valence-corrected chi connectivity index (χ1v) is 9.64. The molecule has 0 saturated heterocycles. The first-order chi connectivity index (χ1) is 7.09. The Labute approximate surface area is 94.4 Å². The first-order valence-electron chi connectivity index (χ1n) is 4.91. The summed E-state index contributed by atoms with van der Waals surface area (Å²) in [4.78, 5) is 0. The van der Waals surface area contributed by atoms with Crippen LogP contribution in [-0.4, -0.2) is 16.9 Å². The second-order valence-corrected chi connectivity index (χ2v) is 9.79. The van der Waals surface area contributed by atoms with Crippen LogP contribution in [0.4, 0.5) is 0 Å². The molecule has 0 aliphatic heterocycles. The minimum absolute atomic E-state index is 0.522. The fourth-order valence-corrected chi connectivity index (χ4v) is 3.99. The molecule has 0 unspecified atom stereocenters. The summed E-state index contributed by atoms with van der Waals surface area (Å²) in [5.74, 6) is 0. The van der Waals surface area contributed by atoms with Gasteiger partial charge in [0.15, 0.2) is 0 Å². The Kier molecular flexibility index (Phi) is 3.71. The molecule has 0 aliphatic rings. The Morgan fingerprint density at radius 1 is 1.13 bits per heavy atom. The molecule has 0 N–H and O–H groups in total. The van der Waals surface area contributed by atoms with Crippen molar-refractivity contribution in [2.75, 3.05) is 0 Å². The Morgan fingerprint density at radius 2 is 1.67 bits per heavy atom. The van der Waals surface area contributed by atoms with Gasteiger partial charge in [-0.25, -0.2) is 0 Å². The van der Waals surface area contributed by atoms with Gasteiger partial charge in [0, 0.05) is 0 Å². The maximum atomic E-state index is 5.88. The van der Waals surface area contributed by atoms with Crippen molar-refractivity contribution in [3.63, 3.8) is 0 Å². The van der Waals surface area contributed by atoms with Gasteiger partial charge in [0.05, 0.1) is 10.8 Å². The average molecular weight is 233 g/mol. The second-order valence-electron chi connectivity index (χ2n) is 3.71. The van der Waals surface area contributed by atoms with Crippen LogP contribution < -0.4 is 10.8 Å². The molecule has 1 nitrogen and oxygen atoms in total. The molecule has 0 saturated carbocycles. The summed E-state index contributed by atoms with van der Waals surface area (Å²) < 4.78 is 5.88. The maximum absolute atomic E-state index is 5.88. The van der Waals surface area contributed by atoms with E-state index in [1.54, 1.807) is 0 Å². The van der Waals surface area contributed by atoms with E-state index >= 15 is 0 Å². The van der Waals surface area contributed by atoms with Crippen molar-refractivity contribution in [1.82, 2.24) is 0 Å². The number of hydrogen-bond donors (Lipinski definition) is 0. The van der Waals surface area contributed by atoms with Crippen LogP contribution in [0.15, 0.2) is 53.4 Å². The van der Waals surface area contributed by atoms with Crippen LogP contribution in [0.25, 0.3) is 0 Å². The van der Waals surface area contributed by atoms with E-state index in [0.717, 1.165) is 10.8 Å². The molecule has 0 amide bonds. The number of hydrogen-bond acceptors (Lipinski definition) is 1. The van der Waals surface area contributed by atoms with E-state index in [1.807, 2.05) is 23.2 Å². The molecule has 0 bridgehead atoms. The van der Waals surface area contributed by atoms with Crippen LogP contribution in [0, 0.1) is 0 Å². The molecule has 0 spiro atoms. The summed E-state index contributed by atoms with van der Waals surface area (Å²) in [6, 6.07) is 4.12. The third kappa shape index (κ3) is 2.13. The topological polar surface area (TPSA) is 13.1 Å². The van der Waals surface area contributed by atoms with Crippen LogP contribution in [0.5, 0.6) is 0 Å². The smallest absolute Gasteiger partial charge is 0.200 e. The van der Waals surface area contributed by atoms with Crippen molar-refractivity contribution < 1.29 is 4.42 Å². The van der Waals surface area contributed by atoms with Gasteiger partial charge in [-0.2, -0.15) is 0 Å². The summed E-state index contributed by atoms with van der Waals surface area (Å²) in [5, 5.41) is 2.10. The van der Waals surface area contributed by atoms with E-state index in [9.17, 15) is 0 Å². The van der Waals surface area contributed by atoms with Gasteiger partial charge in [-0.3, -0.25) is 0 Å². The SMILES string of the molecule is C=C[Si](C=C)(C=C)c1ccc([Si](C)C)o1. The van der Waals surface area contributed by atoms with Crippen LogP contribution in [-0.2, 0) is 0 Å². The Bertz CT molecular complexity index is 355. The van der Waals surface area contributed by atoms with Gasteiger partial charge in [0.1, 0.15) is 8.80 Å². The zero-order valence-electron chi connectivity index (χ0n) is 9.42. The predicted octanol–water partition coefficient (Wildman–Crippen LogP) is 2.07. The molecule has 1 heterocycles. The van der Waals surface area contributed by atoms with Crippen molar-refractivity contribution in [2.45, 2.75) is 13.1 Å². The molecule has 0 fully saturated rings. The Hall–Kier alpha value is -1.07. The van der Waals surface area contributed by atoms with Gasteiger partial charge in [-0.15, -0.1) is 19.7 Å². The van der Waals surface area contributed by atoms with Crippen LogP contribution in [0.2, 0.25) is 13.1 Å². The van der Waals surface area contributed by atoms with Gasteiger partial charge in [0.25, 0.3) is 0 Å². The summed E-state index contributed by atoms with van der Waals surface area (Å²) in [5.41, 5.74) is 5.81. The normalized spacial score (nSPS) is 11.4. The molecule has 1 aromatic heterocycles. The lowest BCUT2D eigenvalue weighted by Gasteiger charge is -2.16. The molecule has 0 aromatic carbocycles. The van der Waals surface area contributed by atoms with E-state index in [1.165, 1.54) is 0 Å². The van der Waals surface area contributed by atoms with E-state index < -0.39 is 16.9 Å². The van der Waals surface area contributed by atoms with Gasteiger partial charge in [0.2, 0.25) is 8.07 Å². The summed E-state index contributed by atoms with van der Waals surface area (Å²) >= 11 is 0. The van der Waals surface area contributed by atoms with E-state index in [4.69, 9.17) is 4.42 Å². The largest absolute Gasteiger partial charge is 0.475 e. The zero-order chi connectivity index (χ0) is 11.5. The highest BCUT2D eigenvalue weighted by atomic mass is 28.3. The fourth-order valence-electron chi connectivity index (χ4n) is 1.39. The molecule has 79 valence electrons. The Morgan fingerprint density at radius 3 is 2.00 bits per heavy atom. The summed E-state index contributed by atoms with van der Waals surface area (Å²) in [7, 11) is -2.50. The number of rotatable bonds is 5. The fraction of sp³-hybridized carbons (Fsp3) is 0.167. The number of furan rings is 1. The second kappa shape index (κ2) is 4.64. The summed E-state index contributed by atoms with van der Waals surface area (Å²) in [6.45, 7) is 16.0. The highest BCUT2D eigenvalue weighted by molar-refractivity contribution is 7.02. The molecule has 3 heteroatoms. The minimum atomic E-state index is -1.98. The van der Waals surface area contributed by atoms with Crippen molar-refractivity contribution in [1.29, 1.82) is 0 Å². The van der Waals surface area contributed by atoms with Crippen LogP contribution >= 0.6 is 0 Å². The maximum Gasteiger partial charge on any atom is 0.200 e. The molecule has 1 aromatic rings. The van der Waals surface area contributed by atoms with Gasteiger partial charge in [-0.1, -0.05) is 30.2 Å². The van der Waals surface area contributed by atoms with Crippen molar-refractivity contribution >= 4 is 27.6 Å². The predicted molar refractivity (Wildman–Crippen MR) is 71.8 cm³/mol. The lowest BCUT2D eigenvalue weighted by molar-refractivity contribution is 0.632. The standard InChI is InChI=1S/C12H17OSi2/c1-6-15(7-2,8-3)12-10-9-11(13-12)14(4)5/h6-10H,1-3H2,4-5H3. The van der Waals surface area contributed by atoms with Crippen LogP contribution in [0.1, 0.15) is 0 Å². The molecular weight excluding hydrogens is 216 g/mol. The highest BCUT2D eigenvalue weighted by Crippen LogP contribution is 2.08. The monoisotopic (exact) mass is 233 g/mol. The third-order valence-corrected chi connectivity index (χ3v) is 6.94. The van der Waals surface area contributed by atoms with Crippen LogP contribution in [0.3, 0.4) is 0 Å². The summed E-state index contributed by atoms with van der Waals surface area (Å²) in [6.07, 6.45) is 0. The molecular formula is C12H17OSi2. The molecule has 0 atom stereocenters. The van der Waals surface area contributed by atoms with Crippen molar-refractivity contribution in [3.8, 4) is 0 Å². The first kappa shape index (κ1) is 12.0. The highest BCUT2D eigenvalue weighted by Gasteiger charge is 2.28. The lowest BCUT2D eigenvalue weighted by Crippen LogP contribution is -2.42. The molecule has 1 rings (SSSR count). The third-order valence-electron chi connectivity index (χ3n) is 2.54. The van der Waals surface area contributed by atoms with E-state index in [2.05, 4.69) is 38.9 Å². The lowest BCUT2D eigenvalue weighted by atomic mass is 10.7. The molecule has 0 aliphatic carbocycles. The average Bonchev–Trinajstić information content (AvgIpc) is 2.71. The minimum Gasteiger partial charge on any atom is -0.475 e. The van der Waals surface area contributed by atoms with E-state index in [-0.39, 0.29) is 0 Å². The van der Waals surface area contributed by atoms with Crippen molar-refractivity contribution in [3.05, 3.63) is 49.0 Å². The molecule has 15 heavy (non-hydrogen) atoms. The van der Waals surface area contributed by atoms with Gasteiger partial charge >= 0.3 is 0 Å².